The quantitative estimate of drug-likeness (QED) is 0.431. The minimum absolute atomic E-state index is 0.747. The molecule has 0 rings (SSSR count). The number of rotatable bonds is 8. The lowest BCUT2D eigenvalue weighted by molar-refractivity contribution is 0.145. The number of methoxy groups -OCH3 is 1. The van der Waals surface area contributed by atoms with Crippen LogP contribution in [0.3, 0.4) is 0 Å². The van der Waals surface area contributed by atoms with Gasteiger partial charge in [0.25, 0.3) is 0 Å². The van der Waals surface area contributed by atoms with Crippen molar-refractivity contribution in [2.24, 2.45) is 0 Å². The standard InChI is InChI=1S/C9H22O2Si/c1-4-8-12(9-5-2)11-7-6-10-3/h12H,4-9H2,1-3H3. The Morgan fingerprint density at radius 1 is 1.00 bits per heavy atom. The van der Waals surface area contributed by atoms with Gasteiger partial charge in [0.05, 0.1) is 13.2 Å². The fraction of sp³-hybridized carbons (Fsp3) is 1.00. The molecular formula is C9H22O2Si. The third-order valence-electron chi connectivity index (χ3n) is 1.86. The van der Waals surface area contributed by atoms with Gasteiger partial charge in [-0.1, -0.05) is 26.7 Å². The predicted octanol–water partition coefficient (Wildman–Crippen LogP) is 2.19. The average molecular weight is 190 g/mol. The van der Waals surface area contributed by atoms with Gasteiger partial charge < -0.3 is 9.16 Å². The van der Waals surface area contributed by atoms with Gasteiger partial charge in [0.15, 0.2) is 9.04 Å². The SMILES string of the molecule is CCC[SiH](CCC)OCCOC. The molecular weight excluding hydrogens is 168 g/mol. The van der Waals surface area contributed by atoms with Gasteiger partial charge in [0.2, 0.25) is 0 Å². The molecule has 0 fully saturated rings. The molecule has 0 aliphatic heterocycles. The molecule has 0 spiro atoms. The summed E-state index contributed by atoms with van der Waals surface area (Å²) < 4.78 is 10.7. The maximum Gasteiger partial charge on any atom is 0.177 e. The first-order valence-corrected chi connectivity index (χ1v) is 7.06. The highest BCUT2D eigenvalue weighted by Gasteiger charge is 2.08. The van der Waals surface area contributed by atoms with Crippen LogP contribution in [0.4, 0.5) is 0 Å². The van der Waals surface area contributed by atoms with E-state index in [0.29, 0.717) is 0 Å². The molecule has 12 heavy (non-hydrogen) atoms. The Balaban J connectivity index is 3.34. The van der Waals surface area contributed by atoms with Crippen LogP contribution in [0.1, 0.15) is 26.7 Å². The monoisotopic (exact) mass is 190 g/mol. The van der Waals surface area contributed by atoms with Gasteiger partial charge >= 0.3 is 0 Å². The normalized spacial score (nSPS) is 11.0. The summed E-state index contributed by atoms with van der Waals surface area (Å²) >= 11 is 0. The molecule has 0 atom stereocenters. The van der Waals surface area contributed by atoms with Gasteiger partial charge in [0.1, 0.15) is 0 Å². The molecule has 0 saturated heterocycles. The molecule has 3 heteroatoms. The third kappa shape index (κ3) is 6.82. The minimum Gasteiger partial charge on any atom is -0.418 e. The van der Waals surface area contributed by atoms with Gasteiger partial charge in [0, 0.05) is 7.11 Å². The first kappa shape index (κ1) is 12.1. The van der Waals surface area contributed by atoms with Crippen molar-refractivity contribution >= 4 is 9.04 Å². The highest BCUT2D eigenvalue weighted by Crippen LogP contribution is 2.06. The van der Waals surface area contributed by atoms with E-state index < -0.39 is 9.04 Å². The van der Waals surface area contributed by atoms with E-state index in [9.17, 15) is 0 Å². The lowest BCUT2D eigenvalue weighted by Gasteiger charge is -2.13. The molecule has 0 aliphatic carbocycles. The number of hydrogen-bond donors (Lipinski definition) is 0. The molecule has 0 radical (unpaired) electrons. The van der Waals surface area contributed by atoms with E-state index in [0.717, 1.165) is 13.2 Å². The highest BCUT2D eigenvalue weighted by atomic mass is 28.3. The summed E-state index contributed by atoms with van der Waals surface area (Å²) in [6, 6.07) is 2.63. The zero-order valence-corrected chi connectivity index (χ0v) is 9.79. The van der Waals surface area contributed by atoms with E-state index in [-0.39, 0.29) is 0 Å². The molecule has 0 aliphatic rings. The second-order valence-electron chi connectivity index (χ2n) is 3.06. The highest BCUT2D eigenvalue weighted by molar-refractivity contribution is 6.51. The smallest absolute Gasteiger partial charge is 0.177 e. The number of ether oxygens (including phenoxy) is 1. The Morgan fingerprint density at radius 2 is 1.58 bits per heavy atom. The van der Waals surface area contributed by atoms with Gasteiger partial charge in [-0.2, -0.15) is 0 Å². The zero-order valence-electron chi connectivity index (χ0n) is 8.64. The summed E-state index contributed by atoms with van der Waals surface area (Å²) in [4.78, 5) is 0. The van der Waals surface area contributed by atoms with E-state index >= 15 is 0 Å². The van der Waals surface area contributed by atoms with Crippen molar-refractivity contribution in [3.63, 3.8) is 0 Å². The minimum atomic E-state index is -0.845. The Labute approximate surface area is 78.0 Å². The van der Waals surface area contributed by atoms with Crippen LogP contribution >= 0.6 is 0 Å². The molecule has 74 valence electrons. The molecule has 0 heterocycles. The van der Waals surface area contributed by atoms with E-state index in [4.69, 9.17) is 9.16 Å². The van der Waals surface area contributed by atoms with Gasteiger partial charge in [-0.3, -0.25) is 0 Å². The lowest BCUT2D eigenvalue weighted by Crippen LogP contribution is -2.19. The van der Waals surface area contributed by atoms with Crippen molar-refractivity contribution in [1.82, 2.24) is 0 Å². The predicted molar refractivity (Wildman–Crippen MR) is 55.2 cm³/mol. The van der Waals surface area contributed by atoms with Crippen LogP contribution in [-0.2, 0) is 9.16 Å². The van der Waals surface area contributed by atoms with Crippen LogP contribution in [0.2, 0.25) is 12.1 Å². The average Bonchev–Trinajstić information content (AvgIpc) is 2.06. The van der Waals surface area contributed by atoms with Crippen LogP contribution in [-0.4, -0.2) is 29.4 Å². The van der Waals surface area contributed by atoms with Crippen molar-refractivity contribution in [2.45, 2.75) is 38.8 Å². The molecule has 0 aromatic carbocycles. The Morgan fingerprint density at radius 3 is 2.00 bits per heavy atom. The van der Waals surface area contributed by atoms with Crippen LogP contribution in [0, 0.1) is 0 Å². The van der Waals surface area contributed by atoms with Crippen molar-refractivity contribution in [3.05, 3.63) is 0 Å². The first-order chi connectivity index (χ1) is 5.85. The largest absolute Gasteiger partial charge is 0.418 e. The Bertz CT molecular complexity index is 82.6. The lowest BCUT2D eigenvalue weighted by atomic mass is 10.6. The van der Waals surface area contributed by atoms with Crippen molar-refractivity contribution in [1.29, 1.82) is 0 Å². The van der Waals surface area contributed by atoms with Crippen LogP contribution in [0.5, 0.6) is 0 Å². The molecule has 0 unspecified atom stereocenters. The van der Waals surface area contributed by atoms with Gasteiger partial charge in [-0.25, -0.2) is 0 Å². The van der Waals surface area contributed by atoms with Crippen molar-refractivity contribution in [2.75, 3.05) is 20.3 Å². The summed E-state index contributed by atoms with van der Waals surface area (Å²) in [7, 11) is 0.876. The summed E-state index contributed by atoms with van der Waals surface area (Å²) in [5, 5.41) is 0. The molecule has 0 N–H and O–H groups in total. The van der Waals surface area contributed by atoms with Crippen LogP contribution in [0.15, 0.2) is 0 Å². The fourth-order valence-corrected chi connectivity index (χ4v) is 3.59. The van der Waals surface area contributed by atoms with Crippen molar-refractivity contribution in [3.8, 4) is 0 Å². The van der Waals surface area contributed by atoms with Gasteiger partial charge in [-0.05, 0) is 12.1 Å². The molecule has 0 aromatic rings. The Kier molecular flexibility index (Phi) is 9.33. The maximum absolute atomic E-state index is 5.78. The second-order valence-corrected chi connectivity index (χ2v) is 5.79. The Hall–Kier alpha value is 0.137. The van der Waals surface area contributed by atoms with Crippen LogP contribution < -0.4 is 0 Å². The summed E-state index contributed by atoms with van der Waals surface area (Å²) in [5.74, 6) is 0. The topological polar surface area (TPSA) is 18.5 Å². The van der Waals surface area contributed by atoms with E-state index in [2.05, 4.69) is 13.8 Å². The molecule has 2 nitrogen and oxygen atoms in total. The summed E-state index contributed by atoms with van der Waals surface area (Å²) in [5.41, 5.74) is 0. The first-order valence-electron chi connectivity index (χ1n) is 4.95. The molecule has 0 amide bonds. The van der Waals surface area contributed by atoms with E-state index in [1.54, 1.807) is 7.11 Å². The van der Waals surface area contributed by atoms with E-state index in [1.807, 2.05) is 0 Å². The van der Waals surface area contributed by atoms with Crippen LogP contribution in [0.25, 0.3) is 0 Å². The molecule has 0 saturated carbocycles. The fourth-order valence-electron chi connectivity index (χ4n) is 1.25. The number of hydrogen-bond acceptors (Lipinski definition) is 2. The summed E-state index contributed by atoms with van der Waals surface area (Å²) in [6.07, 6.45) is 2.54. The molecule has 0 bridgehead atoms. The van der Waals surface area contributed by atoms with Crippen molar-refractivity contribution < 1.29 is 9.16 Å². The maximum atomic E-state index is 5.78. The second kappa shape index (κ2) is 9.23. The van der Waals surface area contributed by atoms with E-state index in [1.165, 1.54) is 24.9 Å². The summed E-state index contributed by atoms with van der Waals surface area (Å²) in [6.45, 7) is 6.01. The third-order valence-corrected chi connectivity index (χ3v) is 5.01. The molecule has 0 aromatic heterocycles. The van der Waals surface area contributed by atoms with Gasteiger partial charge in [-0.15, -0.1) is 0 Å². The zero-order chi connectivity index (χ0) is 9.23.